The number of carbonyl (C=O) groups is 1. The van der Waals surface area contributed by atoms with Crippen molar-refractivity contribution in [1.29, 1.82) is 5.26 Å². The highest BCUT2D eigenvalue weighted by atomic mass is 16.1. The van der Waals surface area contributed by atoms with E-state index in [1.165, 1.54) is 0 Å². The summed E-state index contributed by atoms with van der Waals surface area (Å²) in [5.41, 5.74) is 0.529. The quantitative estimate of drug-likeness (QED) is 0.845. The number of fused-ring (bicyclic) bond motifs is 1. The zero-order valence-corrected chi connectivity index (χ0v) is 11.9. The van der Waals surface area contributed by atoms with Crippen molar-refractivity contribution >= 4 is 11.6 Å². The lowest BCUT2D eigenvalue weighted by Crippen LogP contribution is -2.44. The first-order chi connectivity index (χ1) is 10.2. The molecule has 0 atom stereocenters. The summed E-state index contributed by atoms with van der Waals surface area (Å²) in [4.78, 5) is 19.6. The number of anilines is 1. The molecular weight excluding hydrogens is 264 g/mol. The van der Waals surface area contributed by atoms with Gasteiger partial charge in [0.25, 0.3) is 0 Å². The Balaban J connectivity index is 1.62. The topological polar surface area (TPSA) is 69.0 Å². The lowest BCUT2D eigenvalue weighted by atomic mass is 10.0. The molecule has 5 heteroatoms. The maximum atomic E-state index is 12.9. The Kier molecular flexibility index (Phi) is 2.61. The third kappa shape index (κ3) is 1.72. The van der Waals surface area contributed by atoms with Crippen molar-refractivity contribution in [3.05, 3.63) is 23.9 Å². The summed E-state index contributed by atoms with van der Waals surface area (Å²) >= 11 is 0. The minimum Gasteiger partial charge on any atom is -0.353 e. The zero-order valence-electron chi connectivity index (χ0n) is 11.9. The number of hydrogen-bond acceptors (Lipinski definition) is 5. The molecule has 0 radical (unpaired) electrons. The van der Waals surface area contributed by atoms with Gasteiger partial charge in [0, 0.05) is 44.2 Å². The smallest absolute Gasteiger partial charge is 0.173 e. The number of hydrogen-bond donors (Lipinski definition) is 1. The van der Waals surface area contributed by atoms with Crippen molar-refractivity contribution in [2.45, 2.75) is 19.3 Å². The number of pyridine rings is 1. The molecular formula is C16H18N4O. The molecule has 3 fully saturated rings. The van der Waals surface area contributed by atoms with Crippen LogP contribution in [0.15, 0.2) is 18.3 Å². The summed E-state index contributed by atoms with van der Waals surface area (Å²) in [5, 5.41) is 12.2. The Labute approximate surface area is 124 Å². The number of aromatic nitrogens is 1. The molecule has 1 aromatic rings. The fourth-order valence-electron chi connectivity index (χ4n) is 3.82. The number of nitrogens with one attached hydrogen (secondary N) is 1. The maximum Gasteiger partial charge on any atom is 0.173 e. The molecule has 3 aliphatic rings. The lowest BCUT2D eigenvalue weighted by Gasteiger charge is -2.29. The summed E-state index contributed by atoms with van der Waals surface area (Å²) in [6.07, 6.45) is 4.06. The van der Waals surface area contributed by atoms with Gasteiger partial charge in [-0.25, -0.2) is 4.98 Å². The summed E-state index contributed by atoms with van der Waals surface area (Å²) in [7, 11) is 0. The molecule has 2 heterocycles. The average Bonchev–Trinajstić information content (AvgIpc) is 3.35. The number of rotatable bonds is 4. The normalized spacial score (nSPS) is 33.0. The Hall–Kier alpha value is -1.93. The van der Waals surface area contributed by atoms with Gasteiger partial charge in [0.1, 0.15) is 5.82 Å². The summed E-state index contributed by atoms with van der Waals surface area (Å²) in [6.45, 7) is 3.61. The fourth-order valence-corrected chi connectivity index (χ4v) is 3.82. The van der Waals surface area contributed by atoms with Crippen molar-refractivity contribution in [3.8, 4) is 6.07 Å². The molecule has 1 aliphatic heterocycles. The minimum absolute atomic E-state index is 0.00932. The maximum absolute atomic E-state index is 12.9. The molecule has 108 valence electrons. The molecule has 5 nitrogen and oxygen atoms in total. The molecule has 1 saturated heterocycles. The van der Waals surface area contributed by atoms with Crippen LogP contribution in [0.4, 0.5) is 5.82 Å². The Morgan fingerprint density at radius 2 is 2.19 bits per heavy atom. The molecule has 2 aliphatic carbocycles. The van der Waals surface area contributed by atoms with Crippen molar-refractivity contribution in [1.82, 2.24) is 10.3 Å². The number of nitrogens with zero attached hydrogens (tertiary/aromatic N) is 3. The van der Waals surface area contributed by atoms with Crippen LogP contribution in [0.2, 0.25) is 0 Å². The van der Waals surface area contributed by atoms with Crippen molar-refractivity contribution < 1.29 is 4.79 Å². The second-order valence-electron chi connectivity index (χ2n) is 6.49. The van der Waals surface area contributed by atoms with E-state index in [0.717, 1.165) is 50.4 Å². The van der Waals surface area contributed by atoms with Crippen LogP contribution in [0.25, 0.3) is 0 Å². The Bertz CT molecular complexity index is 636. The van der Waals surface area contributed by atoms with Gasteiger partial charge in [0.05, 0.1) is 11.6 Å². The van der Waals surface area contributed by atoms with Crippen LogP contribution in [0.5, 0.6) is 0 Å². The molecule has 0 aromatic carbocycles. The molecule has 1 aromatic heterocycles. The van der Waals surface area contributed by atoms with Gasteiger partial charge < -0.3 is 10.2 Å². The highest BCUT2D eigenvalue weighted by Crippen LogP contribution is 2.88. The monoisotopic (exact) mass is 282 g/mol. The predicted molar refractivity (Wildman–Crippen MR) is 78.0 cm³/mol. The van der Waals surface area contributed by atoms with Gasteiger partial charge in [0.15, 0.2) is 5.78 Å². The second-order valence-corrected chi connectivity index (χ2v) is 6.49. The van der Waals surface area contributed by atoms with Crippen LogP contribution in [0.3, 0.4) is 0 Å². The van der Waals surface area contributed by atoms with Crippen LogP contribution >= 0.6 is 0 Å². The van der Waals surface area contributed by atoms with Crippen molar-refractivity contribution in [3.63, 3.8) is 0 Å². The van der Waals surface area contributed by atoms with Gasteiger partial charge in [-0.15, -0.1) is 0 Å². The number of Topliss-reactive ketones (excluding diaryl/α,β-unsaturated/α-hetero) is 1. The van der Waals surface area contributed by atoms with E-state index >= 15 is 0 Å². The summed E-state index contributed by atoms with van der Waals surface area (Å²) < 4.78 is 0. The summed E-state index contributed by atoms with van der Waals surface area (Å²) in [5.74, 6) is 1.03. The predicted octanol–water partition coefficient (Wildman–Crippen LogP) is 1.37. The molecule has 0 spiro atoms. The average molecular weight is 282 g/mol. The highest BCUT2D eigenvalue weighted by Gasteiger charge is 2.86. The van der Waals surface area contributed by atoms with Gasteiger partial charge in [-0.3, -0.25) is 4.79 Å². The molecule has 0 amide bonds. The largest absolute Gasteiger partial charge is 0.353 e. The first-order valence-electron chi connectivity index (χ1n) is 7.55. The van der Waals surface area contributed by atoms with Crippen molar-refractivity contribution in [2.75, 3.05) is 31.1 Å². The standard InChI is InChI=1S/C16H18N4O/c17-4-3-15-10-16(15,11-15)13(21)12-2-1-5-19-14(12)20-8-6-18-7-9-20/h1-2,5,18H,3,6-11H2. The first kappa shape index (κ1) is 12.8. The van der Waals surface area contributed by atoms with Crippen LogP contribution in [-0.4, -0.2) is 36.9 Å². The van der Waals surface area contributed by atoms with Crippen LogP contribution in [-0.2, 0) is 0 Å². The van der Waals surface area contributed by atoms with E-state index in [4.69, 9.17) is 5.26 Å². The minimum atomic E-state index is -0.228. The molecule has 21 heavy (non-hydrogen) atoms. The highest BCUT2D eigenvalue weighted by molar-refractivity contribution is 6.09. The fraction of sp³-hybridized carbons (Fsp3) is 0.562. The number of carbonyl (C=O) groups excluding carboxylic acids is 1. The molecule has 0 bridgehead atoms. The molecule has 0 unspecified atom stereocenters. The molecule has 2 saturated carbocycles. The van der Waals surface area contributed by atoms with Crippen LogP contribution in [0, 0.1) is 22.2 Å². The van der Waals surface area contributed by atoms with E-state index in [9.17, 15) is 4.79 Å². The lowest BCUT2D eigenvalue weighted by molar-refractivity contribution is 0.0935. The van der Waals surface area contributed by atoms with Gasteiger partial charge in [-0.2, -0.15) is 5.26 Å². The Morgan fingerprint density at radius 1 is 1.43 bits per heavy atom. The van der Waals surface area contributed by atoms with E-state index in [1.54, 1.807) is 6.20 Å². The Morgan fingerprint density at radius 3 is 2.90 bits per heavy atom. The van der Waals surface area contributed by atoms with Crippen molar-refractivity contribution in [2.24, 2.45) is 10.8 Å². The van der Waals surface area contributed by atoms with Gasteiger partial charge in [0.2, 0.25) is 0 Å². The van der Waals surface area contributed by atoms with Gasteiger partial charge >= 0.3 is 0 Å². The number of nitriles is 1. The van der Waals surface area contributed by atoms with Crippen LogP contribution in [0.1, 0.15) is 29.6 Å². The van der Waals surface area contributed by atoms with E-state index in [-0.39, 0.29) is 16.6 Å². The second kappa shape index (κ2) is 4.28. The van der Waals surface area contributed by atoms with Gasteiger partial charge in [-0.05, 0) is 30.4 Å². The SMILES string of the molecule is N#CCC12CC1(C(=O)c1cccnc1N1CCNCC1)C2. The van der Waals surface area contributed by atoms with Crippen LogP contribution < -0.4 is 10.2 Å². The summed E-state index contributed by atoms with van der Waals surface area (Å²) in [6, 6.07) is 5.97. The van der Waals surface area contributed by atoms with E-state index in [2.05, 4.69) is 21.3 Å². The van der Waals surface area contributed by atoms with E-state index in [1.807, 2.05) is 12.1 Å². The van der Waals surface area contributed by atoms with E-state index < -0.39 is 0 Å². The van der Waals surface area contributed by atoms with E-state index in [0.29, 0.717) is 6.42 Å². The van der Waals surface area contributed by atoms with Gasteiger partial charge in [-0.1, -0.05) is 0 Å². The number of ketones is 1. The zero-order chi connectivity index (χ0) is 14.5. The third-order valence-corrected chi connectivity index (χ3v) is 5.35. The molecule has 1 N–H and O–H groups in total. The molecule has 4 rings (SSSR count). The first-order valence-corrected chi connectivity index (χ1v) is 7.55. The third-order valence-electron chi connectivity index (χ3n) is 5.35. The number of piperazine rings is 1.